The summed E-state index contributed by atoms with van der Waals surface area (Å²) in [6.45, 7) is 1.67. The van der Waals surface area contributed by atoms with Gasteiger partial charge in [-0.25, -0.2) is 4.79 Å². The molecule has 2 aliphatic heterocycles. The Bertz CT molecular complexity index is 705. The number of fused-ring (bicyclic) bond motifs is 2. The summed E-state index contributed by atoms with van der Waals surface area (Å²) in [4.78, 5) is 50.2. The predicted molar refractivity (Wildman–Crippen MR) is 86.4 cm³/mol. The highest BCUT2D eigenvalue weighted by atomic mass is 16.4. The SMILES string of the molecule is C[C@@H](NC(=O)CCN1C(=O)[C@@H]2Cc3ccccc3CN2C1=O)C(=O)O. The first kappa shape index (κ1) is 16.9. The van der Waals surface area contributed by atoms with Gasteiger partial charge in [-0.15, -0.1) is 0 Å². The Morgan fingerprint density at radius 3 is 2.64 bits per heavy atom. The van der Waals surface area contributed by atoms with Gasteiger partial charge in [0, 0.05) is 25.9 Å². The normalized spacial score (nSPS) is 20.1. The maximum Gasteiger partial charge on any atom is 0.327 e. The minimum Gasteiger partial charge on any atom is -0.480 e. The molecule has 1 aromatic rings. The number of benzene rings is 1. The van der Waals surface area contributed by atoms with Gasteiger partial charge in [0.25, 0.3) is 5.91 Å². The Morgan fingerprint density at radius 2 is 1.96 bits per heavy atom. The average molecular weight is 345 g/mol. The molecule has 4 amide bonds. The summed E-state index contributed by atoms with van der Waals surface area (Å²) < 4.78 is 0. The fraction of sp³-hybridized carbons (Fsp3) is 0.412. The van der Waals surface area contributed by atoms with E-state index in [4.69, 9.17) is 5.11 Å². The molecule has 0 unspecified atom stereocenters. The van der Waals surface area contributed by atoms with E-state index in [1.165, 1.54) is 11.8 Å². The van der Waals surface area contributed by atoms with Crippen molar-refractivity contribution in [1.82, 2.24) is 15.1 Å². The number of imide groups is 1. The first-order chi connectivity index (χ1) is 11.9. The van der Waals surface area contributed by atoms with Gasteiger partial charge in [0.1, 0.15) is 12.1 Å². The topological polar surface area (TPSA) is 107 Å². The number of urea groups is 1. The van der Waals surface area contributed by atoms with E-state index >= 15 is 0 Å². The third kappa shape index (κ3) is 3.19. The van der Waals surface area contributed by atoms with E-state index in [9.17, 15) is 19.2 Å². The Labute approximate surface area is 144 Å². The van der Waals surface area contributed by atoms with Gasteiger partial charge in [-0.05, 0) is 18.1 Å². The van der Waals surface area contributed by atoms with E-state index in [0.29, 0.717) is 13.0 Å². The van der Waals surface area contributed by atoms with Gasteiger partial charge >= 0.3 is 12.0 Å². The molecule has 132 valence electrons. The van der Waals surface area contributed by atoms with Gasteiger partial charge in [-0.2, -0.15) is 0 Å². The lowest BCUT2D eigenvalue weighted by atomic mass is 9.95. The molecule has 0 aromatic heterocycles. The van der Waals surface area contributed by atoms with Crippen LogP contribution in [0.2, 0.25) is 0 Å². The van der Waals surface area contributed by atoms with Crippen LogP contribution in [0.4, 0.5) is 4.79 Å². The minimum absolute atomic E-state index is 0.0564. The van der Waals surface area contributed by atoms with Crippen LogP contribution in [0, 0.1) is 0 Å². The van der Waals surface area contributed by atoms with Crippen LogP contribution < -0.4 is 5.32 Å². The summed E-state index contributed by atoms with van der Waals surface area (Å²) in [5, 5.41) is 11.1. The summed E-state index contributed by atoms with van der Waals surface area (Å²) in [5.41, 5.74) is 2.08. The quantitative estimate of drug-likeness (QED) is 0.749. The van der Waals surface area contributed by atoms with Gasteiger partial charge in [0.15, 0.2) is 0 Å². The second-order valence-corrected chi connectivity index (χ2v) is 6.27. The first-order valence-corrected chi connectivity index (χ1v) is 8.09. The molecule has 3 rings (SSSR count). The molecule has 8 heteroatoms. The van der Waals surface area contributed by atoms with Crippen LogP contribution in [0.3, 0.4) is 0 Å². The minimum atomic E-state index is -1.14. The van der Waals surface area contributed by atoms with Crippen LogP contribution in [0.15, 0.2) is 24.3 Å². The maximum absolute atomic E-state index is 12.5. The first-order valence-electron chi connectivity index (χ1n) is 8.09. The monoisotopic (exact) mass is 345 g/mol. The Hall–Kier alpha value is -2.90. The van der Waals surface area contributed by atoms with Gasteiger partial charge in [0.2, 0.25) is 5.91 Å². The third-order valence-electron chi connectivity index (χ3n) is 4.59. The Balaban J connectivity index is 1.64. The molecule has 0 aliphatic carbocycles. The van der Waals surface area contributed by atoms with Crippen molar-refractivity contribution in [3.05, 3.63) is 35.4 Å². The van der Waals surface area contributed by atoms with E-state index < -0.39 is 30.0 Å². The number of nitrogens with one attached hydrogen (secondary N) is 1. The molecule has 1 aromatic carbocycles. The molecule has 25 heavy (non-hydrogen) atoms. The highest BCUT2D eigenvalue weighted by Gasteiger charge is 2.46. The van der Waals surface area contributed by atoms with E-state index in [1.54, 1.807) is 0 Å². The molecular weight excluding hydrogens is 326 g/mol. The van der Waals surface area contributed by atoms with Crippen molar-refractivity contribution in [2.45, 2.75) is 38.4 Å². The van der Waals surface area contributed by atoms with Crippen molar-refractivity contribution in [3.63, 3.8) is 0 Å². The van der Waals surface area contributed by atoms with E-state index in [2.05, 4.69) is 5.32 Å². The lowest BCUT2D eigenvalue weighted by Gasteiger charge is -2.28. The number of rotatable bonds is 5. The number of amides is 4. The number of carboxylic acids is 1. The van der Waals surface area contributed by atoms with Gasteiger partial charge < -0.3 is 15.3 Å². The van der Waals surface area contributed by atoms with Crippen LogP contribution in [-0.2, 0) is 27.3 Å². The third-order valence-corrected chi connectivity index (χ3v) is 4.59. The fourth-order valence-corrected chi connectivity index (χ4v) is 3.17. The molecule has 0 saturated carbocycles. The number of hydrogen-bond acceptors (Lipinski definition) is 4. The molecule has 1 fully saturated rings. The number of nitrogens with zero attached hydrogens (tertiary/aromatic N) is 2. The fourth-order valence-electron chi connectivity index (χ4n) is 3.17. The number of carboxylic acid groups (broad SMARTS) is 1. The van der Waals surface area contributed by atoms with Gasteiger partial charge in [0.05, 0.1) is 0 Å². The number of carbonyl (C=O) groups is 4. The Kier molecular flexibility index (Phi) is 4.43. The molecule has 0 bridgehead atoms. The maximum atomic E-state index is 12.5. The Morgan fingerprint density at radius 1 is 1.28 bits per heavy atom. The molecule has 1 saturated heterocycles. The van der Waals surface area contributed by atoms with Gasteiger partial charge in [-0.3, -0.25) is 19.3 Å². The molecule has 2 aliphatic rings. The lowest BCUT2D eigenvalue weighted by Crippen LogP contribution is -2.41. The van der Waals surface area contributed by atoms with E-state index in [0.717, 1.165) is 16.0 Å². The van der Waals surface area contributed by atoms with Crippen LogP contribution in [0.5, 0.6) is 0 Å². The summed E-state index contributed by atoms with van der Waals surface area (Å²) in [7, 11) is 0. The van der Waals surface area contributed by atoms with Crippen molar-refractivity contribution >= 4 is 23.8 Å². The van der Waals surface area contributed by atoms with Crippen molar-refractivity contribution in [2.24, 2.45) is 0 Å². The largest absolute Gasteiger partial charge is 0.480 e. The van der Waals surface area contributed by atoms with Crippen LogP contribution in [0.25, 0.3) is 0 Å². The molecule has 2 atom stereocenters. The van der Waals surface area contributed by atoms with Crippen LogP contribution in [0.1, 0.15) is 24.5 Å². The van der Waals surface area contributed by atoms with E-state index in [1.807, 2.05) is 24.3 Å². The predicted octanol–water partition coefficient (Wildman–Crippen LogP) is 0.355. The molecule has 2 heterocycles. The molecular formula is C17H19N3O5. The molecule has 8 nitrogen and oxygen atoms in total. The molecule has 0 radical (unpaired) electrons. The second-order valence-electron chi connectivity index (χ2n) is 6.27. The van der Waals surface area contributed by atoms with Crippen LogP contribution >= 0.6 is 0 Å². The number of aliphatic carboxylic acids is 1. The zero-order valence-electron chi connectivity index (χ0n) is 13.8. The lowest BCUT2D eigenvalue weighted by molar-refractivity contribution is -0.141. The van der Waals surface area contributed by atoms with Crippen molar-refractivity contribution in [2.75, 3.05) is 6.54 Å². The number of carbonyl (C=O) groups excluding carboxylic acids is 3. The zero-order valence-corrected chi connectivity index (χ0v) is 13.8. The summed E-state index contributed by atoms with van der Waals surface area (Å²) >= 11 is 0. The number of hydrogen-bond donors (Lipinski definition) is 2. The summed E-state index contributed by atoms with van der Waals surface area (Å²) in [6, 6.07) is 5.75. The van der Waals surface area contributed by atoms with Crippen molar-refractivity contribution < 1.29 is 24.3 Å². The van der Waals surface area contributed by atoms with Crippen molar-refractivity contribution in [1.29, 1.82) is 0 Å². The highest BCUT2D eigenvalue weighted by Crippen LogP contribution is 2.29. The van der Waals surface area contributed by atoms with Gasteiger partial charge in [-0.1, -0.05) is 24.3 Å². The zero-order chi connectivity index (χ0) is 18.1. The van der Waals surface area contributed by atoms with Crippen LogP contribution in [-0.4, -0.2) is 57.3 Å². The standard InChI is InChI=1S/C17H19N3O5/c1-10(16(23)24)18-14(21)6-7-19-15(22)13-8-11-4-2-3-5-12(11)9-20(13)17(19)25/h2-5,10,13H,6-9H2,1H3,(H,18,21)(H,23,24)/t10-,13+/m1/s1. The molecule has 0 spiro atoms. The second kappa shape index (κ2) is 6.54. The van der Waals surface area contributed by atoms with E-state index in [-0.39, 0.29) is 18.9 Å². The smallest absolute Gasteiger partial charge is 0.327 e. The van der Waals surface area contributed by atoms with Crippen molar-refractivity contribution in [3.8, 4) is 0 Å². The summed E-state index contributed by atoms with van der Waals surface area (Å²) in [5.74, 6) is -1.96. The highest BCUT2D eigenvalue weighted by molar-refractivity contribution is 6.04. The summed E-state index contributed by atoms with van der Waals surface area (Å²) in [6.07, 6.45) is 0.349. The average Bonchev–Trinajstić information content (AvgIpc) is 2.81. The molecule has 2 N–H and O–H groups in total.